The van der Waals surface area contributed by atoms with Crippen molar-refractivity contribution in [3.63, 3.8) is 0 Å². The third kappa shape index (κ3) is 5.64. The van der Waals surface area contributed by atoms with Gasteiger partial charge in [-0.1, -0.05) is 0 Å². The van der Waals surface area contributed by atoms with Gasteiger partial charge in [-0.3, -0.25) is 0 Å². The average molecular weight is 583 g/mol. The summed E-state index contributed by atoms with van der Waals surface area (Å²) < 4.78 is 14.1. The minimum absolute atomic E-state index is 0.0206. The van der Waals surface area contributed by atoms with Gasteiger partial charge in [0.05, 0.1) is 0 Å². The molecule has 0 N–H and O–H groups in total. The Morgan fingerprint density at radius 1 is 0.878 bits per heavy atom. The second-order valence-corrected chi connectivity index (χ2v) is 12.7. The summed E-state index contributed by atoms with van der Waals surface area (Å²) in [6.07, 6.45) is 5.23. The molecule has 0 radical (unpaired) electrons. The first-order chi connectivity index (χ1) is 19.9. The van der Waals surface area contributed by atoms with Crippen molar-refractivity contribution in [3.05, 3.63) is 126 Å². The summed E-state index contributed by atoms with van der Waals surface area (Å²) in [7, 11) is 0. The third-order valence-corrected chi connectivity index (χ3v) is 9.56. The molecule has 5 heteroatoms. The van der Waals surface area contributed by atoms with Crippen molar-refractivity contribution in [1.82, 2.24) is 0 Å². The molecule has 6 rings (SSSR count). The second-order valence-electron chi connectivity index (χ2n) is 12.1. The number of benzene rings is 3. The van der Waals surface area contributed by atoms with E-state index in [0.717, 1.165) is 40.1 Å². The van der Waals surface area contributed by atoms with Crippen LogP contribution in [0.3, 0.4) is 0 Å². The summed E-state index contributed by atoms with van der Waals surface area (Å²) in [5, 5.41) is 7.38. The molecule has 2 heterocycles. The summed E-state index contributed by atoms with van der Waals surface area (Å²) in [6, 6.07) is 35.6. The van der Waals surface area contributed by atoms with Crippen LogP contribution in [0.1, 0.15) is 62.8 Å². The van der Waals surface area contributed by atoms with Crippen molar-refractivity contribution in [2.75, 3.05) is 5.01 Å². The topological polar surface area (TPSA) is 38.0 Å². The van der Waals surface area contributed by atoms with Gasteiger partial charge in [0, 0.05) is 0 Å². The molecule has 0 spiro atoms. The number of nitrogens with zero attached hydrogens (tertiary/aromatic N) is 2. The van der Waals surface area contributed by atoms with Crippen LogP contribution in [-0.2, 0) is 26.0 Å². The Morgan fingerprint density at radius 2 is 1.54 bits per heavy atom. The van der Waals surface area contributed by atoms with Crippen LogP contribution in [0.25, 0.3) is 0 Å². The Kier molecular flexibility index (Phi) is 8.13. The van der Waals surface area contributed by atoms with Gasteiger partial charge < -0.3 is 0 Å². The van der Waals surface area contributed by atoms with E-state index in [1.54, 1.807) is 6.26 Å². The maximum atomic E-state index is 7.13. The van der Waals surface area contributed by atoms with Crippen LogP contribution < -0.4 is 5.01 Å². The second kappa shape index (κ2) is 11.9. The van der Waals surface area contributed by atoms with E-state index in [2.05, 4.69) is 127 Å². The fourth-order valence-corrected chi connectivity index (χ4v) is 7.32. The Bertz CT molecular complexity index is 1470. The molecule has 0 bridgehead atoms. The average Bonchev–Trinajstić information content (AvgIpc) is 3.67. The Balaban J connectivity index is 1.38. The summed E-state index contributed by atoms with van der Waals surface area (Å²) in [4.78, 5) is 0. The SMILES string of the molecule is C[C@@H]1CC[C@@H](C(C)(C)c2ccccc2)[C@H](O[C](=[Cr])[C@@H]2[C@@H](c3ccco3)C(c3ccccc3)=NN2c2ccccc2)C1. The maximum absolute atomic E-state index is 7.13. The number of ether oxygens (including phenoxy) is 1. The minimum atomic E-state index is -0.198. The number of hydrogen-bond acceptors (Lipinski definition) is 4. The van der Waals surface area contributed by atoms with Crippen LogP contribution in [0, 0.1) is 11.8 Å². The quantitative estimate of drug-likeness (QED) is 0.211. The van der Waals surface area contributed by atoms with E-state index < -0.39 is 0 Å². The van der Waals surface area contributed by atoms with Gasteiger partial charge in [-0.15, -0.1) is 0 Å². The van der Waals surface area contributed by atoms with E-state index in [0.29, 0.717) is 11.8 Å². The third-order valence-electron chi connectivity index (χ3n) is 9.04. The Morgan fingerprint density at radius 3 is 2.20 bits per heavy atom. The Hall–Kier alpha value is -3.23. The molecule has 1 aliphatic heterocycles. The molecule has 1 aliphatic carbocycles. The molecule has 3 aromatic carbocycles. The van der Waals surface area contributed by atoms with Gasteiger partial charge in [0.1, 0.15) is 0 Å². The fraction of sp³-hybridized carbons (Fsp3) is 0.333. The number of anilines is 1. The zero-order valence-electron chi connectivity index (χ0n) is 24.0. The van der Waals surface area contributed by atoms with E-state index >= 15 is 0 Å². The summed E-state index contributed by atoms with van der Waals surface area (Å²) in [5.74, 6) is 1.74. The van der Waals surface area contributed by atoms with Gasteiger partial charge in [-0.2, -0.15) is 0 Å². The van der Waals surface area contributed by atoms with Crippen LogP contribution >= 0.6 is 0 Å². The van der Waals surface area contributed by atoms with Gasteiger partial charge in [-0.25, -0.2) is 0 Å². The molecule has 0 saturated heterocycles. The first-order valence-electron chi connectivity index (χ1n) is 14.7. The van der Waals surface area contributed by atoms with Crippen molar-refractivity contribution in [1.29, 1.82) is 0 Å². The molecule has 0 unspecified atom stereocenters. The molecule has 1 aromatic heterocycles. The number of rotatable bonds is 8. The molecule has 1 saturated carbocycles. The Labute approximate surface area is 252 Å². The summed E-state index contributed by atoms with van der Waals surface area (Å²) in [5.41, 5.74) is 4.43. The first kappa shape index (κ1) is 27.9. The van der Waals surface area contributed by atoms with Crippen LogP contribution in [-0.4, -0.2) is 22.4 Å². The normalized spacial score (nSPS) is 24.7. The van der Waals surface area contributed by atoms with Crippen molar-refractivity contribution >= 4 is 16.0 Å². The van der Waals surface area contributed by atoms with Crippen molar-refractivity contribution in [3.8, 4) is 0 Å². The van der Waals surface area contributed by atoms with Gasteiger partial charge in [0.25, 0.3) is 0 Å². The molecule has 4 aromatic rings. The number of hydrogen-bond donors (Lipinski definition) is 0. The van der Waals surface area contributed by atoms with Crippen molar-refractivity contribution in [2.24, 2.45) is 16.9 Å². The van der Waals surface area contributed by atoms with Gasteiger partial charge in [-0.05, 0) is 0 Å². The first-order valence-corrected chi connectivity index (χ1v) is 15.3. The standard InChI is InChI=1S/C36H38N2O2.Cr/c1-26-21-22-30(36(2,3)28-16-9-5-10-17-28)33(24-26)40-25-31-34(32-20-13-23-39-32)35(27-14-7-4-8-15-27)37-38(31)29-18-11-6-12-19-29;/h4-20,23,26,30-31,33-34H,21-22,24H2,1-3H3;/t26-,30-,31-,33-,34+;/m1./s1. The van der Waals surface area contributed by atoms with E-state index in [4.69, 9.17) is 14.3 Å². The van der Waals surface area contributed by atoms with Crippen LogP contribution in [0.2, 0.25) is 0 Å². The molecule has 1 fully saturated rings. The molecule has 0 amide bonds. The fourth-order valence-electron chi connectivity index (χ4n) is 6.76. The van der Waals surface area contributed by atoms with Gasteiger partial charge in [0.2, 0.25) is 0 Å². The number of hydrazone groups is 1. The van der Waals surface area contributed by atoms with Crippen molar-refractivity contribution in [2.45, 2.75) is 63.5 Å². The van der Waals surface area contributed by atoms with Crippen LogP contribution in [0.5, 0.6) is 0 Å². The molecule has 2 aliphatic rings. The van der Waals surface area contributed by atoms with E-state index in [9.17, 15) is 0 Å². The predicted molar refractivity (Wildman–Crippen MR) is 163 cm³/mol. The molecule has 41 heavy (non-hydrogen) atoms. The van der Waals surface area contributed by atoms with E-state index in [-0.39, 0.29) is 23.5 Å². The monoisotopic (exact) mass is 582 g/mol. The predicted octanol–water partition coefficient (Wildman–Crippen LogP) is 8.13. The van der Waals surface area contributed by atoms with Crippen LogP contribution in [0.4, 0.5) is 5.69 Å². The zero-order chi connectivity index (χ0) is 28.4. The molecular formula is C36H38CrN2O2. The number of furan rings is 1. The van der Waals surface area contributed by atoms with E-state index in [1.807, 2.05) is 18.2 Å². The molecule has 4 nitrogen and oxygen atoms in total. The van der Waals surface area contributed by atoms with Crippen LogP contribution in [0.15, 0.2) is 119 Å². The van der Waals surface area contributed by atoms with Gasteiger partial charge >= 0.3 is 253 Å². The zero-order valence-corrected chi connectivity index (χ0v) is 25.3. The van der Waals surface area contributed by atoms with Gasteiger partial charge in [0.15, 0.2) is 0 Å². The molecular weight excluding hydrogens is 544 g/mol. The van der Waals surface area contributed by atoms with Crippen molar-refractivity contribution < 1.29 is 25.0 Å². The summed E-state index contributed by atoms with van der Waals surface area (Å²) >= 11 is 3.39. The van der Waals surface area contributed by atoms with E-state index in [1.165, 1.54) is 12.0 Å². The molecule has 210 valence electrons. The molecule has 5 atom stereocenters. The number of para-hydroxylation sites is 1. The summed E-state index contributed by atoms with van der Waals surface area (Å²) in [6.45, 7) is 7.12.